The Morgan fingerprint density at radius 1 is 1.17 bits per heavy atom. The highest BCUT2D eigenvalue weighted by molar-refractivity contribution is 5.59. The largest absolute Gasteiger partial charge is 0.311 e. The standard InChI is InChI=1S/C15H21N3/c1-3-5-12-6-8-13(9-7-12)15-10-14(17-18-15)11-16-4-2/h6-10,16H,3-5,11H2,1-2H3,(H,17,18). The highest BCUT2D eigenvalue weighted by Crippen LogP contribution is 2.18. The number of benzene rings is 1. The van der Waals surface area contributed by atoms with Crippen LogP contribution in [0.25, 0.3) is 11.3 Å². The first-order chi connectivity index (χ1) is 8.83. The molecule has 3 nitrogen and oxygen atoms in total. The summed E-state index contributed by atoms with van der Waals surface area (Å²) in [5.74, 6) is 0. The van der Waals surface area contributed by atoms with Gasteiger partial charge < -0.3 is 5.32 Å². The lowest BCUT2D eigenvalue weighted by Gasteiger charge is -2.00. The molecule has 2 aromatic rings. The lowest BCUT2D eigenvalue weighted by atomic mass is 10.1. The van der Waals surface area contributed by atoms with Gasteiger partial charge in [0.15, 0.2) is 0 Å². The Bertz CT molecular complexity index is 471. The maximum absolute atomic E-state index is 4.35. The molecule has 0 bridgehead atoms. The number of aromatic amines is 1. The molecule has 0 atom stereocenters. The summed E-state index contributed by atoms with van der Waals surface area (Å²) >= 11 is 0. The summed E-state index contributed by atoms with van der Waals surface area (Å²) in [4.78, 5) is 0. The van der Waals surface area contributed by atoms with Gasteiger partial charge in [0.2, 0.25) is 0 Å². The van der Waals surface area contributed by atoms with Gasteiger partial charge in [-0.25, -0.2) is 0 Å². The summed E-state index contributed by atoms with van der Waals surface area (Å²) in [7, 11) is 0. The first kappa shape index (κ1) is 12.8. The van der Waals surface area contributed by atoms with Crippen molar-refractivity contribution in [2.24, 2.45) is 0 Å². The first-order valence-electron chi connectivity index (χ1n) is 6.67. The van der Waals surface area contributed by atoms with E-state index in [1.807, 2.05) is 0 Å². The number of aromatic nitrogens is 2. The molecule has 1 aromatic carbocycles. The van der Waals surface area contributed by atoms with Crippen LogP contribution in [-0.4, -0.2) is 16.7 Å². The Kier molecular flexibility index (Phi) is 4.53. The molecule has 2 rings (SSSR count). The van der Waals surface area contributed by atoms with E-state index < -0.39 is 0 Å². The fourth-order valence-corrected chi connectivity index (χ4v) is 1.99. The van der Waals surface area contributed by atoms with Gasteiger partial charge in [0.05, 0.1) is 5.69 Å². The third-order valence-electron chi connectivity index (χ3n) is 2.98. The van der Waals surface area contributed by atoms with Gasteiger partial charge in [0.1, 0.15) is 0 Å². The van der Waals surface area contributed by atoms with Crippen LogP contribution in [0.1, 0.15) is 31.5 Å². The monoisotopic (exact) mass is 243 g/mol. The van der Waals surface area contributed by atoms with E-state index in [9.17, 15) is 0 Å². The van der Waals surface area contributed by atoms with Crippen LogP contribution in [0.5, 0.6) is 0 Å². The molecule has 1 aromatic heterocycles. The molecule has 3 heteroatoms. The molecular formula is C15H21N3. The molecule has 2 N–H and O–H groups in total. The predicted octanol–water partition coefficient (Wildman–Crippen LogP) is 3.14. The summed E-state index contributed by atoms with van der Waals surface area (Å²) in [5, 5.41) is 10.7. The highest BCUT2D eigenvalue weighted by atomic mass is 15.1. The number of hydrogen-bond acceptors (Lipinski definition) is 2. The fraction of sp³-hybridized carbons (Fsp3) is 0.400. The average Bonchev–Trinajstić information content (AvgIpc) is 2.86. The number of nitrogens with one attached hydrogen (secondary N) is 2. The zero-order chi connectivity index (χ0) is 12.8. The molecule has 18 heavy (non-hydrogen) atoms. The van der Waals surface area contributed by atoms with Crippen LogP contribution < -0.4 is 5.32 Å². The lowest BCUT2D eigenvalue weighted by molar-refractivity contribution is 0.707. The molecule has 0 radical (unpaired) electrons. The van der Waals surface area contributed by atoms with Crippen molar-refractivity contribution in [1.82, 2.24) is 15.5 Å². The number of hydrogen-bond donors (Lipinski definition) is 2. The SMILES string of the molecule is CCCc1ccc(-c2cc(CNCC)[nH]n2)cc1. The third-order valence-corrected chi connectivity index (χ3v) is 2.98. The second-order valence-corrected chi connectivity index (χ2v) is 4.51. The summed E-state index contributed by atoms with van der Waals surface area (Å²) in [6.07, 6.45) is 2.33. The van der Waals surface area contributed by atoms with Gasteiger partial charge in [0, 0.05) is 17.8 Å². The highest BCUT2D eigenvalue weighted by Gasteiger charge is 2.03. The maximum atomic E-state index is 4.35. The average molecular weight is 243 g/mol. The number of H-pyrrole nitrogens is 1. The smallest absolute Gasteiger partial charge is 0.0924 e. The zero-order valence-electron chi connectivity index (χ0n) is 11.2. The van der Waals surface area contributed by atoms with Crippen molar-refractivity contribution >= 4 is 0 Å². The molecule has 0 saturated carbocycles. The van der Waals surface area contributed by atoms with Crippen molar-refractivity contribution in [2.75, 3.05) is 6.54 Å². The molecular weight excluding hydrogens is 222 g/mol. The molecule has 0 aliphatic carbocycles. The van der Waals surface area contributed by atoms with Crippen molar-refractivity contribution < 1.29 is 0 Å². The van der Waals surface area contributed by atoms with E-state index in [1.165, 1.54) is 17.5 Å². The van der Waals surface area contributed by atoms with Gasteiger partial charge in [-0.3, -0.25) is 5.10 Å². The van der Waals surface area contributed by atoms with Crippen molar-refractivity contribution in [2.45, 2.75) is 33.2 Å². The number of rotatable bonds is 6. The minimum atomic E-state index is 0.845. The summed E-state index contributed by atoms with van der Waals surface area (Å²) in [5.41, 5.74) is 4.72. The van der Waals surface area contributed by atoms with Crippen LogP contribution in [0, 0.1) is 0 Å². The first-order valence-corrected chi connectivity index (χ1v) is 6.67. The second kappa shape index (κ2) is 6.36. The second-order valence-electron chi connectivity index (χ2n) is 4.51. The fourth-order valence-electron chi connectivity index (χ4n) is 1.99. The normalized spacial score (nSPS) is 10.8. The minimum Gasteiger partial charge on any atom is -0.311 e. The van der Waals surface area contributed by atoms with E-state index in [2.05, 4.69) is 59.7 Å². The number of nitrogens with zero attached hydrogens (tertiary/aromatic N) is 1. The quantitative estimate of drug-likeness (QED) is 0.818. The van der Waals surface area contributed by atoms with E-state index in [-0.39, 0.29) is 0 Å². The Morgan fingerprint density at radius 3 is 2.61 bits per heavy atom. The molecule has 0 saturated heterocycles. The van der Waals surface area contributed by atoms with Crippen molar-refractivity contribution in [3.05, 3.63) is 41.6 Å². The van der Waals surface area contributed by atoms with Crippen LogP contribution in [0.15, 0.2) is 30.3 Å². The maximum Gasteiger partial charge on any atom is 0.0924 e. The van der Waals surface area contributed by atoms with Gasteiger partial charge in [0.25, 0.3) is 0 Å². The van der Waals surface area contributed by atoms with Gasteiger partial charge >= 0.3 is 0 Å². The Labute approximate surface area is 109 Å². The van der Waals surface area contributed by atoms with Crippen molar-refractivity contribution in [3.63, 3.8) is 0 Å². The molecule has 1 heterocycles. The van der Waals surface area contributed by atoms with Crippen molar-refractivity contribution in [1.29, 1.82) is 0 Å². The van der Waals surface area contributed by atoms with Crippen LogP contribution in [0.3, 0.4) is 0 Å². The van der Waals surface area contributed by atoms with Crippen LogP contribution in [0.4, 0.5) is 0 Å². The Balaban J connectivity index is 2.08. The lowest BCUT2D eigenvalue weighted by Crippen LogP contribution is -2.11. The molecule has 96 valence electrons. The van der Waals surface area contributed by atoms with Crippen molar-refractivity contribution in [3.8, 4) is 11.3 Å². The van der Waals surface area contributed by atoms with Crippen LogP contribution in [-0.2, 0) is 13.0 Å². The molecule has 0 aliphatic rings. The summed E-state index contributed by atoms with van der Waals surface area (Å²) in [6.45, 7) is 6.12. The van der Waals surface area contributed by atoms with E-state index in [4.69, 9.17) is 0 Å². The van der Waals surface area contributed by atoms with Gasteiger partial charge in [-0.05, 0) is 24.6 Å². The van der Waals surface area contributed by atoms with Crippen LogP contribution >= 0.6 is 0 Å². The molecule has 0 amide bonds. The molecule has 0 spiro atoms. The molecule has 0 fully saturated rings. The van der Waals surface area contributed by atoms with E-state index >= 15 is 0 Å². The van der Waals surface area contributed by atoms with Gasteiger partial charge in [-0.15, -0.1) is 0 Å². The predicted molar refractivity (Wildman–Crippen MR) is 75.4 cm³/mol. The summed E-state index contributed by atoms with van der Waals surface area (Å²) < 4.78 is 0. The van der Waals surface area contributed by atoms with E-state index in [1.54, 1.807) is 0 Å². The molecule has 0 unspecified atom stereocenters. The van der Waals surface area contributed by atoms with Gasteiger partial charge in [-0.1, -0.05) is 44.5 Å². The van der Waals surface area contributed by atoms with Crippen LogP contribution in [0.2, 0.25) is 0 Å². The number of aryl methyl sites for hydroxylation is 1. The zero-order valence-corrected chi connectivity index (χ0v) is 11.2. The molecule has 0 aliphatic heterocycles. The van der Waals surface area contributed by atoms with E-state index in [0.717, 1.165) is 30.9 Å². The summed E-state index contributed by atoms with van der Waals surface area (Å²) in [6, 6.07) is 10.8. The Hall–Kier alpha value is -1.61. The van der Waals surface area contributed by atoms with Gasteiger partial charge in [-0.2, -0.15) is 5.10 Å². The minimum absolute atomic E-state index is 0.845. The third kappa shape index (κ3) is 3.20. The topological polar surface area (TPSA) is 40.7 Å². The van der Waals surface area contributed by atoms with E-state index in [0.29, 0.717) is 0 Å². The Morgan fingerprint density at radius 2 is 1.94 bits per heavy atom.